The lowest BCUT2D eigenvalue weighted by Crippen LogP contribution is -2.18. The summed E-state index contributed by atoms with van der Waals surface area (Å²) in [7, 11) is 0. The monoisotopic (exact) mass is 280 g/mol. The van der Waals surface area contributed by atoms with Crippen molar-refractivity contribution < 1.29 is 9.53 Å². The van der Waals surface area contributed by atoms with Gasteiger partial charge in [0.05, 0.1) is 6.54 Å². The molecule has 1 aromatic rings. The Bertz CT molecular complexity index is 439. The van der Waals surface area contributed by atoms with E-state index in [1.807, 2.05) is 0 Å². The second-order valence-electron chi connectivity index (χ2n) is 4.57. The van der Waals surface area contributed by atoms with Gasteiger partial charge in [-0.2, -0.15) is 0 Å². The number of cyclic esters (lactones) is 1. The molecule has 1 heterocycles. The maximum atomic E-state index is 10.9. The highest BCUT2D eigenvalue weighted by Crippen LogP contribution is 2.24. The molecule has 2 atom stereocenters. The first kappa shape index (κ1) is 14.2. The molecular weight excluding hydrogens is 260 g/mol. The van der Waals surface area contributed by atoms with E-state index in [0.717, 1.165) is 12.3 Å². The van der Waals surface area contributed by atoms with E-state index in [9.17, 15) is 4.79 Å². The van der Waals surface area contributed by atoms with E-state index in [1.165, 1.54) is 10.5 Å². The van der Waals surface area contributed by atoms with Crippen molar-refractivity contribution in [3.05, 3.63) is 29.8 Å². The van der Waals surface area contributed by atoms with Gasteiger partial charge in [-0.3, -0.25) is 0 Å². The largest absolute Gasteiger partial charge is 0.443 e. The summed E-state index contributed by atoms with van der Waals surface area (Å²) in [6, 6.07) is 8.86. The molecule has 104 valence electrons. The average molecular weight is 280 g/mol. The Morgan fingerprint density at radius 2 is 2.42 bits per heavy atom. The Morgan fingerprint density at radius 3 is 3.11 bits per heavy atom. The highest BCUT2D eigenvalue weighted by Gasteiger charge is 2.22. The van der Waals surface area contributed by atoms with Gasteiger partial charge in [-0.05, 0) is 31.2 Å². The van der Waals surface area contributed by atoms with Crippen LogP contribution in [0.1, 0.15) is 25.5 Å². The van der Waals surface area contributed by atoms with Crippen molar-refractivity contribution in [1.29, 1.82) is 0 Å². The van der Waals surface area contributed by atoms with E-state index in [2.05, 4.69) is 48.7 Å². The van der Waals surface area contributed by atoms with Crippen LogP contribution in [-0.4, -0.2) is 31.0 Å². The molecule has 1 aliphatic heterocycles. The Kier molecular flexibility index (Phi) is 5.10. The summed E-state index contributed by atoms with van der Waals surface area (Å²) >= 11 is 1.72. The molecule has 2 N–H and O–H groups in total. The number of hydrogen-bond acceptors (Lipinski definition) is 4. The van der Waals surface area contributed by atoms with Gasteiger partial charge >= 0.3 is 6.09 Å². The van der Waals surface area contributed by atoms with Crippen LogP contribution in [0.3, 0.4) is 0 Å². The molecule has 1 aliphatic rings. The minimum absolute atomic E-state index is 0.0210. The van der Waals surface area contributed by atoms with Crippen molar-refractivity contribution in [3.63, 3.8) is 0 Å². The van der Waals surface area contributed by atoms with Gasteiger partial charge in [0.1, 0.15) is 6.10 Å². The first-order chi connectivity index (χ1) is 9.19. The van der Waals surface area contributed by atoms with Crippen molar-refractivity contribution in [2.24, 2.45) is 0 Å². The van der Waals surface area contributed by atoms with Crippen molar-refractivity contribution in [3.8, 4) is 0 Å². The molecule has 4 nitrogen and oxygen atoms in total. The fourth-order valence-corrected chi connectivity index (χ4v) is 2.97. The molecule has 1 fully saturated rings. The zero-order chi connectivity index (χ0) is 13.7. The van der Waals surface area contributed by atoms with Gasteiger partial charge in [0.25, 0.3) is 0 Å². The Labute approximate surface area is 118 Å². The highest BCUT2D eigenvalue weighted by molar-refractivity contribution is 7.99. The number of amides is 1. The minimum atomic E-state index is -0.305. The first-order valence-corrected chi connectivity index (χ1v) is 7.58. The third-order valence-electron chi connectivity index (χ3n) is 3.05. The van der Waals surface area contributed by atoms with Crippen molar-refractivity contribution in [2.45, 2.75) is 30.9 Å². The van der Waals surface area contributed by atoms with E-state index in [1.54, 1.807) is 11.8 Å². The van der Waals surface area contributed by atoms with Crippen molar-refractivity contribution in [2.75, 3.05) is 18.8 Å². The Morgan fingerprint density at radius 1 is 1.58 bits per heavy atom. The molecule has 0 saturated carbocycles. The second-order valence-corrected chi connectivity index (χ2v) is 5.66. The predicted molar refractivity (Wildman–Crippen MR) is 77.5 cm³/mol. The lowest BCUT2D eigenvalue weighted by atomic mass is 10.1. The summed E-state index contributed by atoms with van der Waals surface area (Å²) in [6.45, 7) is 5.84. The lowest BCUT2D eigenvalue weighted by Gasteiger charge is -2.14. The maximum absolute atomic E-state index is 10.9. The van der Waals surface area contributed by atoms with Gasteiger partial charge < -0.3 is 15.4 Å². The number of carbonyl (C=O) groups excluding carboxylic acids is 1. The van der Waals surface area contributed by atoms with E-state index in [-0.39, 0.29) is 12.2 Å². The van der Waals surface area contributed by atoms with Crippen molar-refractivity contribution >= 4 is 17.9 Å². The molecular formula is C14H20N2O2S. The number of nitrogens with one attached hydrogen (secondary N) is 2. The van der Waals surface area contributed by atoms with E-state index in [0.29, 0.717) is 12.6 Å². The van der Waals surface area contributed by atoms with Gasteiger partial charge in [-0.25, -0.2) is 4.79 Å². The number of thioether (sulfide) groups is 1. The lowest BCUT2D eigenvalue weighted by molar-refractivity contribution is 0.150. The summed E-state index contributed by atoms with van der Waals surface area (Å²) in [6.07, 6.45) is -0.326. The van der Waals surface area contributed by atoms with Crippen LogP contribution < -0.4 is 10.6 Å². The smallest absolute Gasteiger partial charge is 0.407 e. The van der Waals surface area contributed by atoms with E-state index in [4.69, 9.17) is 4.74 Å². The van der Waals surface area contributed by atoms with Crippen LogP contribution in [0.5, 0.6) is 0 Å². The summed E-state index contributed by atoms with van der Waals surface area (Å²) in [5.74, 6) is 0.789. The molecule has 0 radical (unpaired) electrons. The van der Waals surface area contributed by atoms with Gasteiger partial charge in [-0.15, -0.1) is 11.8 Å². The Balaban J connectivity index is 1.89. The van der Waals surface area contributed by atoms with E-state index < -0.39 is 0 Å². The predicted octanol–water partition coefficient (Wildman–Crippen LogP) is 2.56. The summed E-state index contributed by atoms with van der Waals surface area (Å²) in [4.78, 5) is 12.1. The number of benzene rings is 1. The third-order valence-corrected chi connectivity index (χ3v) is 4.18. The molecule has 19 heavy (non-hydrogen) atoms. The quantitative estimate of drug-likeness (QED) is 0.786. The summed E-state index contributed by atoms with van der Waals surface area (Å²) in [5.41, 5.74) is 1.29. The molecule has 0 aliphatic carbocycles. The molecule has 5 heteroatoms. The van der Waals surface area contributed by atoms with E-state index >= 15 is 0 Å². The van der Waals surface area contributed by atoms with Crippen LogP contribution >= 0.6 is 11.8 Å². The average Bonchev–Trinajstić information content (AvgIpc) is 2.83. The SMILES string of the molecule is CCNC(C)c1cccc(SCC2CNC(=O)O2)c1. The standard InChI is InChI=1S/C14H20N2O2S/c1-3-15-10(2)11-5-4-6-13(7-11)19-9-12-8-16-14(17)18-12/h4-7,10,12,15H,3,8-9H2,1-2H3,(H,16,17). The topological polar surface area (TPSA) is 50.4 Å². The molecule has 1 saturated heterocycles. The summed E-state index contributed by atoms with van der Waals surface area (Å²) in [5, 5.41) is 6.07. The van der Waals surface area contributed by atoms with Crippen LogP contribution in [0.15, 0.2) is 29.2 Å². The fourth-order valence-electron chi connectivity index (χ4n) is 2.01. The normalized spacial score (nSPS) is 19.9. The number of ether oxygens (including phenoxy) is 1. The minimum Gasteiger partial charge on any atom is -0.443 e. The van der Waals surface area contributed by atoms with Gasteiger partial charge in [0, 0.05) is 16.7 Å². The molecule has 0 aromatic heterocycles. The van der Waals surface area contributed by atoms with Crippen molar-refractivity contribution in [1.82, 2.24) is 10.6 Å². The summed E-state index contributed by atoms with van der Waals surface area (Å²) < 4.78 is 5.12. The molecule has 0 spiro atoms. The first-order valence-electron chi connectivity index (χ1n) is 6.59. The van der Waals surface area contributed by atoms with Crippen LogP contribution in [0.25, 0.3) is 0 Å². The van der Waals surface area contributed by atoms with Gasteiger partial charge in [-0.1, -0.05) is 19.1 Å². The fraction of sp³-hybridized carbons (Fsp3) is 0.500. The maximum Gasteiger partial charge on any atom is 0.407 e. The number of hydrogen-bond donors (Lipinski definition) is 2. The Hall–Kier alpha value is -1.20. The third kappa shape index (κ3) is 4.14. The molecule has 2 unspecified atom stereocenters. The number of carbonyl (C=O) groups is 1. The van der Waals surface area contributed by atoms with Gasteiger partial charge in [0.2, 0.25) is 0 Å². The van der Waals surface area contributed by atoms with Crippen LogP contribution in [0, 0.1) is 0 Å². The molecule has 1 aromatic carbocycles. The highest BCUT2D eigenvalue weighted by atomic mass is 32.2. The number of alkyl carbamates (subject to hydrolysis) is 1. The van der Waals surface area contributed by atoms with Gasteiger partial charge in [0.15, 0.2) is 0 Å². The molecule has 1 amide bonds. The van der Waals surface area contributed by atoms with Crippen LogP contribution in [-0.2, 0) is 4.74 Å². The number of rotatable bonds is 6. The van der Waals surface area contributed by atoms with Crippen LogP contribution in [0.4, 0.5) is 4.79 Å². The molecule has 0 bridgehead atoms. The second kappa shape index (κ2) is 6.82. The van der Waals surface area contributed by atoms with Crippen LogP contribution in [0.2, 0.25) is 0 Å². The zero-order valence-corrected chi connectivity index (χ0v) is 12.1. The zero-order valence-electron chi connectivity index (χ0n) is 11.3. The molecule has 2 rings (SSSR count).